The van der Waals surface area contributed by atoms with Gasteiger partial charge in [-0.1, -0.05) is 339 Å². The summed E-state index contributed by atoms with van der Waals surface area (Å²) in [5.41, 5.74) is 0. The fraction of sp³-hybridized carbons (Fsp3) is 0.889. The Balaban J connectivity index is 3.44. The molecule has 0 fully saturated rings. The molecule has 0 aromatic carbocycles. The lowest BCUT2D eigenvalue weighted by atomic mass is 10.0. The van der Waals surface area contributed by atoms with E-state index in [0.717, 1.165) is 51.4 Å². The molecule has 2 unspecified atom stereocenters. The second kappa shape index (κ2) is 67.6. The van der Waals surface area contributed by atoms with E-state index in [-0.39, 0.29) is 18.5 Å². The summed E-state index contributed by atoms with van der Waals surface area (Å²) in [6, 6.07) is -0.548. The van der Waals surface area contributed by atoms with Crippen molar-refractivity contribution in [1.82, 2.24) is 5.32 Å². The van der Waals surface area contributed by atoms with Gasteiger partial charge in [-0.2, -0.15) is 0 Å². The third-order valence-electron chi connectivity index (χ3n) is 16.4. The minimum Gasteiger partial charge on any atom is -0.465 e. The van der Waals surface area contributed by atoms with E-state index in [2.05, 4.69) is 55.6 Å². The van der Waals surface area contributed by atoms with Gasteiger partial charge >= 0.3 is 5.97 Å². The number of nitrogens with one attached hydrogen (secondary N) is 1. The van der Waals surface area contributed by atoms with Crippen LogP contribution in [0.4, 0.5) is 0 Å². The standard InChI is InChI=1S/C72H137NO5/c1-3-5-7-9-11-13-15-17-19-20-21-22-23-24-25-27-30-33-37-40-44-48-52-56-60-64-70(75)69(68-74)73-71(76)65-61-57-53-49-45-41-38-34-31-28-26-29-32-35-39-43-47-51-55-59-63-67-78-72(77)66-62-58-54-50-46-42-36-18-16-14-12-10-8-6-4-2/h18,36,43,47,55,59,69-70,74-75H,3-17,19-35,37-42,44-46,48-54,56-58,60-68H2,1-2H3,(H,73,76)/b36-18-,47-43-,59-55-. The topological polar surface area (TPSA) is 95.9 Å². The molecule has 2 atom stereocenters. The Morgan fingerprint density at radius 2 is 0.641 bits per heavy atom. The number of aliphatic hydroxyl groups excluding tert-OH is 2. The van der Waals surface area contributed by atoms with E-state index in [1.54, 1.807) is 0 Å². The molecule has 3 N–H and O–H groups in total. The molecule has 1 amide bonds. The molecule has 0 rings (SSSR count). The van der Waals surface area contributed by atoms with Gasteiger partial charge in [0.05, 0.1) is 25.4 Å². The van der Waals surface area contributed by atoms with Gasteiger partial charge in [-0.15, -0.1) is 0 Å². The zero-order valence-corrected chi connectivity index (χ0v) is 52.7. The number of carbonyl (C=O) groups is 2. The smallest absolute Gasteiger partial charge is 0.305 e. The molecule has 0 spiro atoms. The van der Waals surface area contributed by atoms with E-state index in [0.29, 0.717) is 25.9 Å². The normalized spacial score (nSPS) is 12.7. The zero-order valence-electron chi connectivity index (χ0n) is 52.7. The molecular weight excluding hydrogens is 959 g/mol. The fourth-order valence-corrected chi connectivity index (χ4v) is 11.1. The van der Waals surface area contributed by atoms with Gasteiger partial charge in [-0.3, -0.25) is 9.59 Å². The number of esters is 1. The summed E-state index contributed by atoms with van der Waals surface area (Å²) in [4.78, 5) is 24.6. The maximum Gasteiger partial charge on any atom is 0.305 e. The van der Waals surface area contributed by atoms with Crippen LogP contribution in [-0.4, -0.2) is 47.4 Å². The molecule has 0 bridgehead atoms. The van der Waals surface area contributed by atoms with E-state index in [4.69, 9.17) is 4.74 Å². The first-order valence-electron chi connectivity index (χ1n) is 35.2. The van der Waals surface area contributed by atoms with Crippen LogP contribution in [0.25, 0.3) is 0 Å². The SMILES string of the molecule is CCCCCCCC/C=C\CCCCCCCC(=O)OCC/C=C\C/C=C\CCCCCCCCCCCCCCCCC(=O)NC(CO)C(O)CCCCCCCCCCCCCCCCCCCCCCCCCCC. The van der Waals surface area contributed by atoms with Gasteiger partial charge in [-0.05, 0) is 70.6 Å². The van der Waals surface area contributed by atoms with Gasteiger partial charge in [0.15, 0.2) is 0 Å². The maximum absolute atomic E-state index is 12.6. The van der Waals surface area contributed by atoms with Crippen molar-refractivity contribution in [2.24, 2.45) is 0 Å². The van der Waals surface area contributed by atoms with Crippen LogP contribution in [0.15, 0.2) is 36.5 Å². The number of carbonyl (C=O) groups excluding carboxylic acids is 2. The minimum atomic E-state index is -0.670. The molecule has 0 aliphatic heterocycles. The lowest BCUT2D eigenvalue weighted by molar-refractivity contribution is -0.143. The quantitative estimate of drug-likeness (QED) is 0.0320. The van der Waals surface area contributed by atoms with Crippen molar-refractivity contribution < 1.29 is 24.5 Å². The van der Waals surface area contributed by atoms with Gasteiger partial charge < -0.3 is 20.3 Å². The molecule has 78 heavy (non-hydrogen) atoms. The average Bonchev–Trinajstić information content (AvgIpc) is 3.44. The monoisotopic (exact) mass is 1100 g/mol. The van der Waals surface area contributed by atoms with Crippen LogP contribution in [0.1, 0.15) is 386 Å². The molecule has 0 saturated carbocycles. The predicted octanol–water partition coefficient (Wildman–Crippen LogP) is 22.7. The lowest BCUT2D eigenvalue weighted by Crippen LogP contribution is -2.45. The Morgan fingerprint density at radius 3 is 0.987 bits per heavy atom. The first kappa shape index (κ1) is 76.1. The van der Waals surface area contributed by atoms with E-state index in [1.165, 1.54) is 302 Å². The van der Waals surface area contributed by atoms with Crippen molar-refractivity contribution >= 4 is 11.9 Å². The third-order valence-corrected chi connectivity index (χ3v) is 16.4. The number of ether oxygens (including phenoxy) is 1. The van der Waals surface area contributed by atoms with Crippen LogP contribution in [0.5, 0.6) is 0 Å². The summed E-state index contributed by atoms with van der Waals surface area (Å²) < 4.78 is 5.42. The molecule has 0 aromatic rings. The van der Waals surface area contributed by atoms with E-state index < -0.39 is 12.1 Å². The van der Waals surface area contributed by atoms with Crippen molar-refractivity contribution in [1.29, 1.82) is 0 Å². The number of amides is 1. The first-order valence-corrected chi connectivity index (χ1v) is 35.2. The minimum absolute atomic E-state index is 0.0356. The maximum atomic E-state index is 12.6. The van der Waals surface area contributed by atoms with Crippen LogP contribution < -0.4 is 5.32 Å². The molecule has 0 saturated heterocycles. The Kier molecular flexibility index (Phi) is 65.9. The molecule has 0 radical (unpaired) electrons. The van der Waals surface area contributed by atoms with Crippen molar-refractivity contribution in [3.63, 3.8) is 0 Å². The van der Waals surface area contributed by atoms with Crippen LogP contribution in [0, 0.1) is 0 Å². The highest BCUT2D eigenvalue weighted by molar-refractivity contribution is 5.76. The Morgan fingerprint density at radius 1 is 0.359 bits per heavy atom. The number of allylic oxidation sites excluding steroid dienone is 5. The number of unbranched alkanes of at least 4 members (excludes halogenated alkanes) is 49. The highest BCUT2D eigenvalue weighted by Gasteiger charge is 2.20. The van der Waals surface area contributed by atoms with E-state index in [9.17, 15) is 19.8 Å². The van der Waals surface area contributed by atoms with Gasteiger partial charge in [0.2, 0.25) is 5.91 Å². The number of aliphatic hydroxyl groups is 2. The van der Waals surface area contributed by atoms with Crippen LogP contribution in [-0.2, 0) is 14.3 Å². The van der Waals surface area contributed by atoms with E-state index in [1.807, 2.05) is 0 Å². The largest absolute Gasteiger partial charge is 0.465 e. The summed E-state index contributed by atoms with van der Waals surface area (Å²) in [5.74, 6) is -0.0780. The van der Waals surface area contributed by atoms with Gasteiger partial charge in [0.25, 0.3) is 0 Å². The fourth-order valence-electron chi connectivity index (χ4n) is 11.1. The predicted molar refractivity (Wildman–Crippen MR) is 343 cm³/mol. The summed E-state index contributed by atoms with van der Waals surface area (Å²) in [5, 5.41) is 23.4. The van der Waals surface area contributed by atoms with E-state index >= 15 is 0 Å². The number of hydrogen-bond donors (Lipinski definition) is 3. The lowest BCUT2D eigenvalue weighted by Gasteiger charge is -2.22. The molecule has 6 nitrogen and oxygen atoms in total. The summed E-state index contributed by atoms with van der Waals surface area (Å²) >= 11 is 0. The summed E-state index contributed by atoms with van der Waals surface area (Å²) in [6.45, 7) is 4.87. The van der Waals surface area contributed by atoms with Crippen LogP contribution in [0.2, 0.25) is 0 Å². The Labute approximate surface area is 487 Å². The average molecular weight is 1100 g/mol. The first-order chi connectivity index (χ1) is 38.5. The molecule has 0 aliphatic rings. The second-order valence-electron chi connectivity index (χ2n) is 24.2. The Bertz CT molecular complexity index is 1260. The van der Waals surface area contributed by atoms with Gasteiger partial charge in [0.1, 0.15) is 0 Å². The molecule has 460 valence electrons. The summed E-state index contributed by atoms with van der Waals surface area (Å²) in [6.07, 6.45) is 86.3. The van der Waals surface area contributed by atoms with Gasteiger partial charge in [-0.25, -0.2) is 0 Å². The summed E-state index contributed by atoms with van der Waals surface area (Å²) in [7, 11) is 0. The zero-order chi connectivity index (χ0) is 56.4. The highest BCUT2D eigenvalue weighted by atomic mass is 16.5. The third kappa shape index (κ3) is 63.3. The van der Waals surface area contributed by atoms with Crippen molar-refractivity contribution in [3.05, 3.63) is 36.5 Å². The number of rotatable bonds is 66. The molecule has 0 aromatic heterocycles. The van der Waals surface area contributed by atoms with Gasteiger partial charge in [0, 0.05) is 12.8 Å². The second-order valence-corrected chi connectivity index (χ2v) is 24.2. The molecule has 0 heterocycles. The van der Waals surface area contributed by atoms with Crippen molar-refractivity contribution in [2.75, 3.05) is 13.2 Å². The molecule has 0 aliphatic carbocycles. The molecule has 6 heteroatoms. The van der Waals surface area contributed by atoms with Crippen molar-refractivity contribution in [3.8, 4) is 0 Å². The highest BCUT2D eigenvalue weighted by Crippen LogP contribution is 2.19. The Hall–Kier alpha value is -1.92. The van der Waals surface area contributed by atoms with Crippen LogP contribution in [0.3, 0.4) is 0 Å². The number of hydrogen-bond acceptors (Lipinski definition) is 5. The molecular formula is C72H137NO5. The van der Waals surface area contributed by atoms with Crippen LogP contribution >= 0.6 is 0 Å². The van der Waals surface area contributed by atoms with Crippen molar-refractivity contribution in [2.45, 2.75) is 398 Å².